The van der Waals surface area contributed by atoms with E-state index < -0.39 is 5.60 Å². The van der Waals surface area contributed by atoms with Crippen molar-refractivity contribution >= 4 is 17.6 Å². The number of amides is 2. The van der Waals surface area contributed by atoms with E-state index in [1.165, 1.54) is 0 Å². The third kappa shape index (κ3) is 5.19. The highest BCUT2D eigenvalue weighted by atomic mass is 16.5. The summed E-state index contributed by atoms with van der Waals surface area (Å²) in [7, 11) is 7.21. The van der Waals surface area contributed by atoms with Crippen LogP contribution in [0.4, 0.5) is 5.82 Å². The second kappa shape index (κ2) is 8.86. The maximum absolute atomic E-state index is 12.6. The molecule has 8 nitrogen and oxygen atoms in total. The van der Waals surface area contributed by atoms with Gasteiger partial charge in [0.1, 0.15) is 17.2 Å². The normalized spacial score (nSPS) is 15.5. The molecular weight excluding hydrogens is 358 g/mol. The number of methoxy groups -OCH3 is 1. The Labute approximate surface area is 167 Å². The van der Waals surface area contributed by atoms with Crippen LogP contribution in [0.3, 0.4) is 0 Å². The lowest BCUT2D eigenvalue weighted by molar-refractivity contribution is -0.152. The Hall–Kier alpha value is -2.22. The summed E-state index contributed by atoms with van der Waals surface area (Å²) in [5.74, 6) is 1.82. The fourth-order valence-corrected chi connectivity index (χ4v) is 3.16. The fraction of sp³-hybridized carbons (Fsp3) is 0.700. The van der Waals surface area contributed by atoms with Crippen LogP contribution in [-0.4, -0.2) is 78.5 Å². The van der Waals surface area contributed by atoms with Crippen LogP contribution in [-0.2, 0) is 20.9 Å². The molecule has 2 heterocycles. The van der Waals surface area contributed by atoms with Gasteiger partial charge >= 0.3 is 0 Å². The zero-order chi connectivity index (χ0) is 21.1. The lowest BCUT2D eigenvalue weighted by Crippen LogP contribution is -2.49. The molecule has 1 fully saturated rings. The number of piperidine rings is 1. The van der Waals surface area contributed by atoms with Crippen molar-refractivity contribution < 1.29 is 14.3 Å². The summed E-state index contributed by atoms with van der Waals surface area (Å²) in [5.41, 5.74) is 0.0175. The molecule has 0 radical (unpaired) electrons. The largest absolute Gasteiger partial charge is 0.369 e. The average molecular weight is 392 g/mol. The fourth-order valence-electron chi connectivity index (χ4n) is 3.16. The summed E-state index contributed by atoms with van der Waals surface area (Å²) >= 11 is 0. The molecule has 1 aliphatic heterocycles. The van der Waals surface area contributed by atoms with Gasteiger partial charge in [-0.15, -0.1) is 0 Å². The number of ether oxygens (including phenoxy) is 1. The van der Waals surface area contributed by atoms with E-state index in [1.54, 1.807) is 39.8 Å². The minimum atomic E-state index is -0.807. The Kier molecular flexibility index (Phi) is 6.98. The average Bonchev–Trinajstić information content (AvgIpc) is 2.67. The number of hydrogen-bond donors (Lipinski definition) is 0. The van der Waals surface area contributed by atoms with Crippen LogP contribution in [0.1, 0.15) is 51.0 Å². The number of nitrogens with zero attached hydrogens (tertiary/aromatic N) is 5. The molecule has 1 aromatic rings. The van der Waals surface area contributed by atoms with E-state index in [1.807, 2.05) is 30.0 Å². The summed E-state index contributed by atoms with van der Waals surface area (Å²) < 4.78 is 5.32. The van der Waals surface area contributed by atoms with Crippen molar-refractivity contribution in [2.75, 3.05) is 46.2 Å². The topological polar surface area (TPSA) is 78.9 Å². The second-order valence-corrected chi connectivity index (χ2v) is 8.13. The molecule has 0 aromatic carbocycles. The van der Waals surface area contributed by atoms with Crippen LogP contribution in [0, 0.1) is 0 Å². The lowest BCUT2D eigenvalue weighted by Gasteiger charge is -2.36. The van der Waals surface area contributed by atoms with Gasteiger partial charge < -0.3 is 19.4 Å². The van der Waals surface area contributed by atoms with Crippen molar-refractivity contribution in [1.82, 2.24) is 19.8 Å². The number of anilines is 1. The van der Waals surface area contributed by atoms with E-state index in [4.69, 9.17) is 14.7 Å². The number of aromatic nitrogens is 2. The Balaban J connectivity index is 2.16. The van der Waals surface area contributed by atoms with Crippen molar-refractivity contribution in [3.8, 4) is 0 Å². The molecule has 0 spiro atoms. The zero-order valence-corrected chi connectivity index (χ0v) is 18.2. The molecule has 28 heavy (non-hydrogen) atoms. The van der Waals surface area contributed by atoms with Crippen LogP contribution < -0.4 is 4.90 Å². The van der Waals surface area contributed by atoms with Crippen LogP contribution in [0.25, 0.3) is 0 Å². The van der Waals surface area contributed by atoms with Gasteiger partial charge in [-0.05, 0) is 26.7 Å². The van der Waals surface area contributed by atoms with E-state index in [0.29, 0.717) is 19.6 Å². The van der Waals surface area contributed by atoms with Crippen molar-refractivity contribution in [2.24, 2.45) is 0 Å². The van der Waals surface area contributed by atoms with Gasteiger partial charge in [0.05, 0.1) is 12.2 Å². The molecule has 0 unspecified atom stereocenters. The van der Waals surface area contributed by atoms with E-state index in [9.17, 15) is 9.59 Å². The molecule has 0 atom stereocenters. The predicted molar refractivity (Wildman–Crippen MR) is 108 cm³/mol. The molecule has 0 aliphatic carbocycles. The predicted octanol–water partition coefficient (Wildman–Crippen LogP) is 1.65. The maximum atomic E-state index is 12.6. The first-order valence-corrected chi connectivity index (χ1v) is 9.66. The summed E-state index contributed by atoms with van der Waals surface area (Å²) in [6, 6.07) is 1.92. The highest BCUT2D eigenvalue weighted by molar-refractivity contribution is 5.84. The highest BCUT2D eigenvalue weighted by Crippen LogP contribution is 2.29. The number of rotatable bonds is 6. The quantitative estimate of drug-likeness (QED) is 0.734. The molecule has 0 bridgehead atoms. The molecule has 1 aliphatic rings. The summed E-state index contributed by atoms with van der Waals surface area (Å²) in [5, 5.41) is 0. The van der Waals surface area contributed by atoms with Gasteiger partial charge in [-0.1, -0.05) is 0 Å². The van der Waals surface area contributed by atoms with Gasteiger partial charge in [0, 0.05) is 60.3 Å². The van der Waals surface area contributed by atoms with Crippen LogP contribution in [0.15, 0.2) is 6.07 Å². The van der Waals surface area contributed by atoms with Gasteiger partial charge in [-0.3, -0.25) is 9.59 Å². The van der Waals surface area contributed by atoms with Crippen LogP contribution in [0.5, 0.6) is 0 Å². The van der Waals surface area contributed by atoms with Crippen molar-refractivity contribution in [3.63, 3.8) is 0 Å². The molecule has 156 valence electrons. The first-order chi connectivity index (χ1) is 13.0. The van der Waals surface area contributed by atoms with E-state index in [0.717, 1.165) is 30.2 Å². The van der Waals surface area contributed by atoms with Crippen molar-refractivity contribution in [1.29, 1.82) is 0 Å². The van der Waals surface area contributed by atoms with Gasteiger partial charge in [-0.2, -0.15) is 0 Å². The SMILES string of the molecule is COC(C)(C)C(=O)N1CCC(c2nc(CN(C)C(C)=O)cc(N(C)C)n2)CC1. The minimum absolute atomic E-state index is 0.000793. The number of carbonyl (C=O) groups excluding carboxylic acids is 2. The molecule has 1 saturated heterocycles. The molecule has 2 rings (SSSR count). The molecule has 2 amide bonds. The standard InChI is InChI=1S/C20H33N5O3/c1-14(26)24(6)13-16-12-17(23(4)5)22-18(21-16)15-8-10-25(11-9-15)19(27)20(2,3)28-7/h12,15H,8-11,13H2,1-7H3. The Morgan fingerprint density at radius 3 is 2.32 bits per heavy atom. The van der Waals surface area contributed by atoms with Crippen molar-refractivity contribution in [3.05, 3.63) is 17.6 Å². The Morgan fingerprint density at radius 1 is 1.21 bits per heavy atom. The minimum Gasteiger partial charge on any atom is -0.369 e. The summed E-state index contributed by atoms with van der Waals surface area (Å²) in [6.45, 7) is 6.91. The number of hydrogen-bond acceptors (Lipinski definition) is 6. The van der Waals surface area contributed by atoms with Gasteiger partial charge in [0.25, 0.3) is 5.91 Å². The van der Waals surface area contributed by atoms with Crippen molar-refractivity contribution in [2.45, 2.75) is 51.7 Å². The lowest BCUT2D eigenvalue weighted by atomic mass is 9.94. The van der Waals surface area contributed by atoms with E-state index in [2.05, 4.69) is 0 Å². The van der Waals surface area contributed by atoms with E-state index in [-0.39, 0.29) is 17.7 Å². The molecule has 0 N–H and O–H groups in total. The van der Waals surface area contributed by atoms with Gasteiger partial charge in [-0.25, -0.2) is 9.97 Å². The summed E-state index contributed by atoms with van der Waals surface area (Å²) in [6.07, 6.45) is 1.62. The summed E-state index contributed by atoms with van der Waals surface area (Å²) in [4.78, 5) is 39.1. The zero-order valence-electron chi connectivity index (χ0n) is 18.2. The Morgan fingerprint density at radius 2 is 1.82 bits per heavy atom. The van der Waals surface area contributed by atoms with E-state index >= 15 is 0 Å². The molecular formula is C20H33N5O3. The smallest absolute Gasteiger partial charge is 0.254 e. The molecule has 1 aromatic heterocycles. The van der Waals surface area contributed by atoms with Gasteiger partial charge in [0.2, 0.25) is 5.91 Å². The number of likely N-dealkylation sites (tertiary alicyclic amines) is 1. The maximum Gasteiger partial charge on any atom is 0.254 e. The molecule has 0 saturated carbocycles. The monoisotopic (exact) mass is 391 g/mol. The highest BCUT2D eigenvalue weighted by Gasteiger charge is 2.34. The second-order valence-electron chi connectivity index (χ2n) is 8.13. The van der Waals surface area contributed by atoms with Crippen LogP contribution >= 0.6 is 0 Å². The third-order valence-corrected chi connectivity index (χ3v) is 5.35. The molecule has 8 heteroatoms. The Bertz CT molecular complexity index is 712. The van der Waals surface area contributed by atoms with Crippen LogP contribution in [0.2, 0.25) is 0 Å². The van der Waals surface area contributed by atoms with Gasteiger partial charge in [0.15, 0.2) is 0 Å². The first kappa shape index (κ1) is 22.1. The number of carbonyl (C=O) groups is 2. The first-order valence-electron chi connectivity index (χ1n) is 9.66. The third-order valence-electron chi connectivity index (χ3n) is 5.35.